The zero-order valence-corrected chi connectivity index (χ0v) is 29.6. The first-order chi connectivity index (χ1) is 21.8. The minimum absolute atomic E-state index is 0.0354. The summed E-state index contributed by atoms with van der Waals surface area (Å²) in [5.74, 6) is 0.706. The lowest BCUT2D eigenvalue weighted by Gasteiger charge is -2.46. The van der Waals surface area contributed by atoms with E-state index in [-0.39, 0.29) is 47.3 Å². The van der Waals surface area contributed by atoms with Crippen molar-refractivity contribution in [3.8, 4) is 0 Å². The molecule has 10 heteroatoms. The van der Waals surface area contributed by atoms with E-state index in [2.05, 4.69) is 31.4 Å². The third-order valence-electron chi connectivity index (χ3n) is 10.3. The minimum Gasteiger partial charge on any atom is -0.466 e. The van der Waals surface area contributed by atoms with Gasteiger partial charge < -0.3 is 29.9 Å². The molecule has 0 bridgehead atoms. The largest absolute Gasteiger partial charge is 0.466 e. The molecule has 0 radical (unpaired) electrons. The highest BCUT2D eigenvalue weighted by Gasteiger charge is 2.42. The SMILES string of the molecule is CN(CCCOC(=O)CC1CC(C)(C)CC(C)(CNC(=O)OCCCN(C)C(=O)NC2CCCCC2)C1)C(=O)CC1CCCCC1. The maximum atomic E-state index is 12.8. The summed E-state index contributed by atoms with van der Waals surface area (Å²) in [6.07, 6.45) is 16.2. The van der Waals surface area contributed by atoms with Crippen LogP contribution in [0.1, 0.15) is 130 Å². The Balaban J connectivity index is 1.30. The second kappa shape index (κ2) is 18.7. The molecule has 3 aliphatic rings. The van der Waals surface area contributed by atoms with Crippen LogP contribution < -0.4 is 10.6 Å². The van der Waals surface area contributed by atoms with Crippen LogP contribution in [0.15, 0.2) is 0 Å². The Kier molecular flexibility index (Phi) is 15.4. The molecule has 0 spiro atoms. The van der Waals surface area contributed by atoms with Gasteiger partial charge in [-0.15, -0.1) is 0 Å². The number of rotatable bonds is 15. The lowest BCUT2D eigenvalue weighted by Crippen LogP contribution is -2.44. The summed E-state index contributed by atoms with van der Waals surface area (Å²) in [6.45, 7) is 8.78. The topological polar surface area (TPSA) is 117 Å². The van der Waals surface area contributed by atoms with Gasteiger partial charge in [0.2, 0.25) is 5.91 Å². The van der Waals surface area contributed by atoms with Gasteiger partial charge in [0.15, 0.2) is 0 Å². The molecule has 3 saturated carbocycles. The number of alkyl carbamates (subject to hydrolysis) is 1. The van der Waals surface area contributed by atoms with E-state index in [0.717, 1.165) is 44.9 Å². The van der Waals surface area contributed by atoms with Gasteiger partial charge >= 0.3 is 18.1 Å². The molecule has 0 heterocycles. The van der Waals surface area contributed by atoms with Gasteiger partial charge in [-0.3, -0.25) is 9.59 Å². The molecule has 0 aromatic heterocycles. The highest BCUT2D eigenvalue weighted by Crippen LogP contribution is 2.49. The van der Waals surface area contributed by atoms with Crippen molar-refractivity contribution in [2.75, 3.05) is 46.9 Å². The summed E-state index contributed by atoms with van der Waals surface area (Å²) < 4.78 is 11.0. The van der Waals surface area contributed by atoms with Crippen molar-refractivity contribution in [3.63, 3.8) is 0 Å². The van der Waals surface area contributed by atoms with Crippen LogP contribution in [-0.4, -0.2) is 86.8 Å². The molecule has 2 unspecified atom stereocenters. The number of nitrogens with one attached hydrogen (secondary N) is 2. The molecule has 10 nitrogen and oxygen atoms in total. The average Bonchev–Trinajstić information content (AvgIpc) is 3.00. The maximum absolute atomic E-state index is 12.8. The van der Waals surface area contributed by atoms with E-state index in [0.29, 0.717) is 57.8 Å². The molecule has 0 aromatic rings. The first kappa shape index (κ1) is 37.9. The normalized spacial score (nSPS) is 23.6. The van der Waals surface area contributed by atoms with Crippen LogP contribution in [0.25, 0.3) is 0 Å². The monoisotopic (exact) mass is 648 g/mol. The van der Waals surface area contributed by atoms with Gasteiger partial charge in [-0.05, 0) is 80.5 Å². The van der Waals surface area contributed by atoms with Crippen molar-refractivity contribution in [1.29, 1.82) is 0 Å². The predicted octanol–water partition coefficient (Wildman–Crippen LogP) is 6.66. The Labute approximate surface area is 278 Å². The molecule has 4 amide bonds. The number of carbonyl (C=O) groups is 4. The summed E-state index contributed by atoms with van der Waals surface area (Å²) in [6, 6.07) is 0.208. The Morgan fingerprint density at radius 1 is 0.739 bits per heavy atom. The van der Waals surface area contributed by atoms with Gasteiger partial charge in [-0.25, -0.2) is 9.59 Å². The molecule has 264 valence electrons. The van der Waals surface area contributed by atoms with Crippen LogP contribution in [0.5, 0.6) is 0 Å². The van der Waals surface area contributed by atoms with Gasteiger partial charge in [0, 0.05) is 52.6 Å². The summed E-state index contributed by atoms with van der Waals surface area (Å²) in [4.78, 5) is 53.7. The van der Waals surface area contributed by atoms with Crippen LogP contribution in [-0.2, 0) is 19.1 Å². The fourth-order valence-electron chi connectivity index (χ4n) is 8.27. The van der Waals surface area contributed by atoms with Crippen molar-refractivity contribution in [2.24, 2.45) is 22.7 Å². The lowest BCUT2D eigenvalue weighted by molar-refractivity contribution is -0.146. The van der Waals surface area contributed by atoms with Gasteiger partial charge in [0.25, 0.3) is 0 Å². The first-order valence-electron chi connectivity index (χ1n) is 18.2. The van der Waals surface area contributed by atoms with Crippen LogP contribution in [0.2, 0.25) is 0 Å². The molecule has 0 aliphatic heterocycles. The molecule has 0 saturated heterocycles. The number of hydrogen-bond acceptors (Lipinski definition) is 6. The van der Waals surface area contributed by atoms with Crippen molar-refractivity contribution in [3.05, 3.63) is 0 Å². The number of urea groups is 1. The number of hydrogen-bond donors (Lipinski definition) is 2. The van der Waals surface area contributed by atoms with E-state index in [4.69, 9.17) is 9.47 Å². The Morgan fingerprint density at radius 3 is 2.02 bits per heavy atom. The molecule has 3 aliphatic carbocycles. The van der Waals surface area contributed by atoms with Crippen LogP contribution >= 0.6 is 0 Å². The zero-order chi connectivity index (χ0) is 33.6. The van der Waals surface area contributed by atoms with E-state index in [1.807, 2.05) is 7.05 Å². The number of nitrogens with zero attached hydrogens (tertiary/aromatic N) is 2. The molecule has 3 fully saturated rings. The summed E-state index contributed by atoms with van der Waals surface area (Å²) in [5.41, 5.74) is -0.127. The van der Waals surface area contributed by atoms with Gasteiger partial charge in [0.05, 0.1) is 13.2 Å². The molecule has 0 aromatic carbocycles. The fourth-order valence-corrected chi connectivity index (χ4v) is 8.27. The average molecular weight is 649 g/mol. The van der Waals surface area contributed by atoms with Crippen LogP contribution in [0.3, 0.4) is 0 Å². The standard InChI is InChI=1S/C36H64N4O6/c1-35(2)24-29(23-32(42)45-20-12-18-39(4)31(41)22-28-14-8-6-9-15-28)25-36(3,26-35)27-37-34(44)46-21-13-19-40(5)33(43)38-30-16-10-7-11-17-30/h28-30H,6-27H2,1-5H3,(H,37,44)(H,38,43). The number of esters is 1. The quantitative estimate of drug-likeness (QED) is 0.152. The molecule has 3 rings (SSSR count). The van der Waals surface area contributed by atoms with E-state index < -0.39 is 6.09 Å². The zero-order valence-electron chi connectivity index (χ0n) is 29.6. The minimum atomic E-state index is -0.447. The molecule has 2 atom stereocenters. The van der Waals surface area contributed by atoms with E-state index in [1.165, 1.54) is 38.5 Å². The Morgan fingerprint density at radius 2 is 1.35 bits per heavy atom. The molecule has 46 heavy (non-hydrogen) atoms. The lowest BCUT2D eigenvalue weighted by atomic mass is 9.60. The fraction of sp³-hybridized carbons (Fsp3) is 0.889. The van der Waals surface area contributed by atoms with Crippen molar-refractivity contribution in [2.45, 2.75) is 136 Å². The van der Waals surface area contributed by atoms with Crippen LogP contribution in [0.4, 0.5) is 9.59 Å². The number of ether oxygens (including phenoxy) is 2. The van der Waals surface area contributed by atoms with E-state index >= 15 is 0 Å². The molecular weight excluding hydrogens is 584 g/mol. The highest BCUT2D eigenvalue weighted by atomic mass is 16.5. The predicted molar refractivity (Wildman–Crippen MR) is 180 cm³/mol. The third kappa shape index (κ3) is 14.1. The smallest absolute Gasteiger partial charge is 0.407 e. The van der Waals surface area contributed by atoms with Crippen LogP contribution in [0, 0.1) is 22.7 Å². The van der Waals surface area contributed by atoms with Crippen molar-refractivity contribution in [1.82, 2.24) is 20.4 Å². The Hall–Kier alpha value is -2.52. The second-order valence-electron chi connectivity index (χ2n) is 15.8. The molecular formula is C36H64N4O6. The van der Waals surface area contributed by atoms with E-state index in [1.54, 1.807) is 16.8 Å². The summed E-state index contributed by atoms with van der Waals surface area (Å²) in [7, 11) is 3.62. The second-order valence-corrected chi connectivity index (χ2v) is 15.8. The van der Waals surface area contributed by atoms with Gasteiger partial charge in [0.1, 0.15) is 0 Å². The number of amides is 4. The Bertz CT molecular complexity index is 978. The molecule has 2 N–H and O–H groups in total. The van der Waals surface area contributed by atoms with Gasteiger partial charge in [-0.1, -0.05) is 59.3 Å². The van der Waals surface area contributed by atoms with Crippen molar-refractivity contribution >= 4 is 24.0 Å². The summed E-state index contributed by atoms with van der Waals surface area (Å²) >= 11 is 0. The van der Waals surface area contributed by atoms with Crippen molar-refractivity contribution < 1.29 is 28.7 Å². The first-order valence-corrected chi connectivity index (χ1v) is 18.2. The third-order valence-corrected chi connectivity index (χ3v) is 10.3. The summed E-state index contributed by atoms with van der Waals surface area (Å²) in [5, 5.41) is 6.06. The van der Waals surface area contributed by atoms with Gasteiger partial charge in [-0.2, -0.15) is 0 Å². The van der Waals surface area contributed by atoms with E-state index in [9.17, 15) is 19.2 Å². The number of carbonyl (C=O) groups excluding carboxylic acids is 4. The maximum Gasteiger partial charge on any atom is 0.407 e. The highest BCUT2D eigenvalue weighted by molar-refractivity contribution is 5.76.